The van der Waals surface area contributed by atoms with Crippen LogP contribution in [-0.2, 0) is 4.79 Å². The zero-order valence-electron chi connectivity index (χ0n) is 10.4. The third kappa shape index (κ3) is 4.41. The Morgan fingerprint density at radius 3 is 2.79 bits per heavy atom. The van der Waals surface area contributed by atoms with Crippen LogP contribution in [0.4, 0.5) is 4.39 Å². The Labute approximate surface area is 110 Å². The lowest BCUT2D eigenvalue weighted by atomic mass is 10.1. The average molecular weight is 263 g/mol. The molecule has 0 atom stereocenters. The summed E-state index contributed by atoms with van der Waals surface area (Å²) in [5, 5.41) is 4.65. The summed E-state index contributed by atoms with van der Waals surface area (Å²) in [5.41, 5.74) is 5.55. The number of likely N-dealkylation sites (N-methyl/N-ethyl adjacent to an activating group) is 1. The smallest absolute Gasteiger partial charge is 0.254 e. The van der Waals surface area contributed by atoms with Gasteiger partial charge in [-0.3, -0.25) is 9.59 Å². The zero-order chi connectivity index (χ0) is 14.3. The second-order valence-electron chi connectivity index (χ2n) is 3.56. The molecule has 0 heterocycles. The van der Waals surface area contributed by atoms with Crippen LogP contribution < -0.4 is 16.4 Å². The molecule has 6 heteroatoms. The first kappa shape index (κ1) is 14.7. The quantitative estimate of drug-likeness (QED) is 0.649. The number of hydrogen-bond donors (Lipinski definition) is 3. The molecule has 100 valence electrons. The van der Waals surface area contributed by atoms with Crippen LogP contribution in [0.3, 0.4) is 0 Å². The molecule has 2 amide bonds. The molecule has 0 bridgehead atoms. The van der Waals surface area contributed by atoms with E-state index < -0.39 is 11.7 Å². The van der Waals surface area contributed by atoms with Crippen molar-refractivity contribution in [3.8, 4) is 11.8 Å². The normalized spacial score (nSPS) is 9.21. The Hall–Kier alpha value is -2.39. The standard InChI is InChI=1S/C13H14FN3O2/c1-16-12(18)8-17-13(19)10-7-9(3-2-6-15)4-5-11(10)14/h4-5,7H,6,8,15H2,1H3,(H,16,18)(H,17,19). The molecule has 0 aliphatic heterocycles. The number of carbonyl (C=O) groups excluding carboxylic acids is 2. The molecule has 4 N–H and O–H groups in total. The monoisotopic (exact) mass is 263 g/mol. The predicted molar refractivity (Wildman–Crippen MR) is 68.7 cm³/mol. The van der Waals surface area contributed by atoms with Crippen molar-refractivity contribution >= 4 is 11.8 Å². The van der Waals surface area contributed by atoms with E-state index in [9.17, 15) is 14.0 Å². The van der Waals surface area contributed by atoms with Gasteiger partial charge in [0.1, 0.15) is 5.82 Å². The van der Waals surface area contributed by atoms with Gasteiger partial charge in [0, 0.05) is 12.6 Å². The number of nitrogens with two attached hydrogens (primary N) is 1. The van der Waals surface area contributed by atoms with Crippen LogP contribution in [0.15, 0.2) is 18.2 Å². The Balaban J connectivity index is 2.86. The highest BCUT2D eigenvalue weighted by atomic mass is 19.1. The minimum absolute atomic E-state index is 0.160. The predicted octanol–water partition coefficient (Wildman–Crippen LogP) is -0.388. The van der Waals surface area contributed by atoms with Crippen molar-refractivity contribution in [1.82, 2.24) is 10.6 Å². The number of carbonyl (C=O) groups is 2. The molecular weight excluding hydrogens is 249 g/mol. The van der Waals surface area contributed by atoms with Crippen LogP contribution in [0.5, 0.6) is 0 Å². The van der Waals surface area contributed by atoms with E-state index in [-0.39, 0.29) is 24.6 Å². The van der Waals surface area contributed by atoms with Gasteiger partial charge in [0.2, 0.25) is 5.91 Å². The van der Waals surface area contributed by atoms with Crippen molar-refractivity contribution in [2.45, 2.75) is 0 Å². The SMILES string of the molecule is CNC(=O)CNC(=O)c1cc(C#CCN)ccc1F. The van der Waals surface area contributed by atoms with Crippen molar-refractivity contribution in [1.29, 1.82) is 0 Å². The number of benzene rings is 1. The molecule has 0 aliphatic rings. The summed E-state index contributed by atoms with van der Waals surface area (Å²) in [6, 6.07) is 3.92. The molecule has 1 aromatic carbocycles. The largest absolute Gasteiger partial charge is 0.358 e. The van der Waals surface area contributed by atoms with Gasteiger partial charge in [-0.2, -0.15) is 0 Å². The van der Waals surface area contributed by atoms with Gasteiger partial charge in [0.25, 0.3) is 5.91 Å². The molecule has 0 saturated heterocycles. The molecule has 19 heavy (non-hydrogen) atoms. The van der Waals surface area contributed by atoms with Crippen LogP contribution in [-0.4, -0.2) is 32.0 Å². The molecule has 1 aromatic rings. The van der Waals surface area contributed by atoms with Crippen LogP contribution in [0.1, 0.15) is 15.9 Å². The second kappa shape index (κ2) is 7.13. The van der Waals surface area contributed by atoms with E-state index in [0.717, 1.165) is 6.07 Å². The Bertz CT molecular complexity index is 547. The fourth-order valence-electron chi connectivity index (χ4n) is 1.27. The molecule has 0 unspecified atom stereocenters. The highest BCUT2D eigenvalue weighted by Gasteiger charge is 2.12. The van der Waals surface area contributed by atoms with Crippen LogP contribution >= 0.6 is 0 Å². The van der Waals surface area contributed by atoms with Crippen molar-refractivity contribution < 1.29 is 14.0 Å². The van der Waals surface area contributed by atoms with Gasteiger partial charge in [-0.1, -0.05) is 11.8 Å². The minimum atomic E-state index is -0.673. The van der Waals surface area contributed by atoms with Crippen molar-refractivity contribution in [2.75, 3.05) is 20.1 Å². The fraction of sp³-hybridized carbons (Fsp3) is 0.231. The molecule has 0 radical (unpaired) electrons. The maximum absolute atomic E-state index is 13.5. The number of nitrogens with one attached hydrogen (secondary N) is 2. The van der Waals surface area contributed by atoms with Gasteiger partial charge in [0.05, 0.1) is 18.7 Å². The average Bonchev–Trinajstić information content (AvgIpc) is 2.43. The van der Waals surface area contributed by atoms with E-state index in [1.54, 1.807) is 0 Å². The summed E-state index contributed by atoms with van der Waals surface area (Å²) in [5.74, 6) is 3.60. The third-order valence-corrected chi connectivity index (χ3v) is 2.23. The summed E-state index contributed by atoms with van der Waals surface area (Å²) in [7, 11) is 1.44. The third-order valence-electron chi connectivity index (χ3n) is 2.23. The molecule has 0 spiro atoms. The van der Waals surface area contributed by atoms with Gasteiger partial charge in [-0.05, 0) is 18.2 Å². The van der Waals surface area contributed by atoms with Crippen molar-refractivity contribution in [2.24, 2.45) is 5.73 Å². The van der Waals surface area contributed by atoms with E-state index >= 15 is 0 Å². The lowest BCUT2D eigenvalue weighted by molar-refractivity contribution is -0.119. The van der Waals surface area contributed by atoms with Gasteiger partial charge < -0.3 is 16.4 Å². The lowest BCUT2D eigenvalue weighted by Crippen LogP contribution is -2.35. The molecule has 0 aliphatic carbocycles. The minimum Gasteiger partial charge on any atom is -0.358 e. The number of amides is 2. The van der Waals surface area contributed by atoms with Crippen LogP contribution in [0, 0.1) is 17.7 Å². The number of hydrogen-bond acceptors (Lipinski definition) is 3. The number of halogens is 1. The van der Waals surface area contributed by atoms with Crippen LogP contribution in [0.2, 0.25) is 0 Å². The second-order valence-corrected chi connectivity index (χ2v) is 3.56. The molecule has 0 aromatic heterocycles. The lowest BCUT2D eigenvalue weighted by Gasteiger charge is -2.05. The molecular formula is C13H14FN3O2. The van der Waals surface area contributed by atoms with E-state index in [1.807, 2.05) is 0 Å². The summed E-state index contributed by atoms with van der Waals surface area (Å²) in [6.45, 7) is -0.0386. The first-order chi connectivity index (χ1) is 9.08. The molecule has 5 nitrogen and oxygen atoms in total. The van der Waals surface area contributed by atoms with Gasteiger partial charge in [-0.25, -0.2) is 4.39 Å². The maximum Gasteiger partial charge on any atom is 0.254 e. The summed E-state index contributed by atoms with van der Waals surface area (Å²) < 4.78 is 13.5. The topological polar surface area (TPSA) is 84.2 Å². The molecule has 0 saturated carbocycles. The van der Waals surface area contributed by atoms with Gasteiger partial charge in [-0.15, -0.1) is 0 Å². The van der Waals surface area contributed by atoms with E-state index in [2.05, 4.69) is 22.5 Å². The summed E-state index contributed by atoms with van der Waals surface area (Å²) >= 11 is 0. The van der Waals surface area contributed by atoms with E-state index in [0.29, 0.717) is 5.56 Å². The molecule has 1 rings (SSSR count). The first-order valence-electron chi connectivity index (χ1n) is 5.55. The Morgan fingerprint density at radius 2 is 2.16 bits per heavy atom. The summed E-state index contributed by atoms with van der Waals surface area (Å²) in [4.78, 5) is 22.7. The first-order valence-corrected chi connectivity index (χ1v) is 5.55. The van der Waals surface area contributed by atoms with E-state index in [1.165, 1.54) is 19.2 Å². The molecule has 0 fully saturated rings. The Morgan fingerprint density at radius 1 is 1.42 bits per heavy atom. The summed E-state index contributed by atoms with van der Waals surface area (Å²) in [6.07, 6.45) is 0. The Kier molecular flexibility index (Phi) is 5.51. The fourth-order valence-corrected chi connectivity index (χ4v) is 1.27. The van der Waals surface area contributed by atoms with Crippen molar-refractivity contribution in [3.63, 3.8) is 0 Å². The van der Waals surface area contributed by atoms with Gasteiger partial charge in [0.15, 0.2) is 0 Å². The number of rotatable bonds is 3. The van der Waals surface area contributed by atoms with Crippen molar-refractivity contribution in [3.05, 3.63) is 35.1 Å². The van der Waals surface area contributed by atoms with E-state index in [4.69, 9.17) is 5.73 Å². The highest BCUT2D eigenvalue weighted by molar-refractivity contribution is 5.96. The maximum atomic E-state index is 13.5. The van der Waals surface area contributed by atoms with Crippen LogP contribution in [0.25, 0.3) is 0 Å². The highest BCUT2D eigenvalue weighted by Crippen LogP contribution is 2.09. The van der Waals surface area contributed by atoms with Gasteiger partial charge >= 0.3 is 0 Å². The zero-order valence-corrected chi connectivity index (χ0v) is 10.4.